The third-order valence-corrected chi connectivity index (χ3v) is 4.40. The van der Waals surface area contributed by atoms with Crippen molar-refractivity contribution in [3.63, 3.8) is 0 Å². The van der Waals surface area contributed by atoms with Gasteiger partial charge in [-0.3, -0.25) is 4.98 Å². The van der Waals surface area contributed by atoms with Crippen molar-refractivity contribution in [2.24, 2.45) is 5.92 Å². The number of benzene rings is 1. The van der Waals surface area contributed by atoms with Crippen molar-refractivity contribution in [1.29, 1.82) is 0 Å². The van der Waals surface area contributed by atoms with Crippen molar-refractivity contribution >= 4 is 6.03 Å². The highest BCUT2D eigenvalue weighted by molar-refractivity contribution is 5.74. The van der Waals surface area contributed by atoms with Crippen LogP contribution in [0.15, 0.2) is 54.7 Å². The van der Waals surface area contributed by atoms with Crippen molar-refractivity contribution in [2.45, 2.75) is 38.9 Å². The minimum Gasteiger partial charge on any atom is -0.332 e. The molecule has 23 heavy (non-hydrogen) atoms. The fourth-order valence-corrected chi connectivity index (χ4v) is 2.78. The molecular formula is C19H23N3O. The van der Waals surface area contributed by atoms with E-state index in [0.717, 1.165) is 11.3 Å². The van der Waals surface area contributed by atoms with E-state index in [2.05, 4.69) is 29.4 Å². The molecule has 0 aliphatic heterocycles. The summed E-state index contributed by atoms with van der Waals surface area (Å²) in [5.41, 5.74) is 2.03. The highest BCUT2D eigenvalue weighted by Gasteiger charge is 2.34. The molecule has 1 saturated carbocycles. The maximum absolute atomic E-state index is 12.7. The van der Waals surface area contributed by atoms with Crippen LogP contribution < -0.4 is 5.32 Å². The number of urea groups is 1. The Kier molecular flexibility index (Phi) is 4.91. The number of carbonyl (C=O) groups is 1. The zero-order valence-electron chi connectivity index (χ0n) is 13.5. The maximum atomic E-state index is 12.7. The van der Waals surface area contributed by atoms with Gasteiger partial charge in [0.1, 0.15) is 0 Å². The van der Waals surface area contributed by atoms with Crippen molar-refractivity contribution in [1.82, 2.24) is 15.2 Å². The minimum atomic E-state index is -0.0149. The van der Waals surface area contributed by atoms with Crippen LogP contribution in [0.25, 0.3) is 0 Å². The molecule has 1 aliphatic carbocycles. The molecule has 1 heterocycles. The maximum Gasteiger partial charge on any atom is 0.318 e. The van der Waals surface area contributed by atoms with Crippen LogP contribution in [0.4, 0.5) is 4.79 Å². The van der Waals surface area contributed by atoms with E-state index in [9.17, 15) is 4.79 Å². The normalized spacial score (nSPS) is 15.0. The Balaban J connectivity index is 1.65. The van der Waals surface area contributed by atoms with Gasteiger partial charge in [-0.25, -0.2) is 4.79 Å². The van der Waals surface area contributed by atoms with Crippen LogP contribution in [0.1, 0.15) is 31.0 Å². The fraction of sp³-hybridized carbons (Fsp3) is 0.368. The molecule has 1 unspecified atom stereocenters. The highest BCUT2D eigenvalue weighted by Crippen LogP contribution is 2.35. The van der Waals surface area contributed by atoms with Gasteiger partial charge in [-0.1, -0.05) is 36.4 Å². The van der Waals surface area contributed by atoms with Crippen LogP contribution in [0.5, 0.6) is 0 Å². The Morgan fingerprint density at radius 3 is 2.61 bits per heavy atom. The van der Waals surface area contributed by atoms with Gasteiger partial charge in [-0.2, -0.15) is 0 Å². The molecular weight excluding hydrogens is 286 g/mol. The first-order chi connectivity index (χ1) is 11.2. The molecule has 120 valence electrons. The van der Waals surface area contributed by atoms with E-state index >= 15 is 0 Å². The smallest absolute Gasteiger partial charge is 0.318 e. The van der Waals surface area contributed by atoms with Gasteiger partial charge in [0.2, 0.25) is 0 Å². The standard InChI is InChI=1S/C19H23N3O/c1-15(17-10-11-17)22(14-16-7-3-2-4-8-16)19(23)21-13-18-9-5-6-12-20-18/h2-9,12,15,17H,10-11,13-14H2,1H3,(H,21,23). The van der Waals surface area contributed by atoms with Gasteiger partial charge in [0.05, 0.1) is 12.2 Å². The number of hydrogen-bond donors (Lipinski definition) is 1. The summed E-state index contributed by atoms with van der Waals surface area (Å²) in [6.07, 6.45) is 4.19. The molecule has 0 bridgehead atoms. The van der Waals surface area contributed by atoms with E-state index in [1.54, 1.807) is 6.20 Å². The van der Waals surface area contributed by atoms with E-state index in [0.29, 0.717) is 19.0 Å². The Hall–Kier alpha value is -2.36. The van der Waals surface area contributed by atoms with E-state index < -0.39 is 0 Å². The number of pyridine rings is 1. The van der Waals surface area contributed by atoms with Crippen LogP contribution in [0, 0.1) is 5.92 Å². The van der Waals surface area contributed by atoms with E-state index in [1.807, 2.05) is 41.3 Å². The predicted molar refractivity (Wildman–Crippen MR) is 90.6 cm³/mol. The molecule has 1 fully saturated rings. The van der Waals surface area contributed by atoms with Crippen LogP contribution in [-0.4, -0.2) is 22.0 Å². The van der Waals surface area contributed by atoms with E-state index in [-0.39, 0.29) is 12.1 Å². The summed E-state index contributed by atoms with van der Waals surface area (Å²) in [5.74, 6) is 0.638. The average Bonchev–Trinajstić information content (AvgIpc) is 3.44. The summed E-state index contributed by atoms with van der Waals surface area (Å²) < 4.78 is 0. The summed E-state index contributed by atoms with van der Waals surface area (Å²) >= 11 is 0. The second-order valence-electron chi connectivity index (χ2n) is 6.17. The number of aromatic nitrogens is 1. The van der Waals surface area contributed by atoms with E-state index in [4.69, 9.17) is 0 Å². The van der Waals surface area contributed by atoms with Gasteiger partial charge < -0.3 is 10.2 Å². The Morgan fingerprint density at radius 2 is 1.96 bits per heavy atom. The summed E-state index contributed by atoms with van der Waals surface area (Å²) in [6.45, 7) is 3.26. The van der Waals surface area contributed by atoms with Crippen molar-refractivity contribution in [3.05, 3.63) is 66.0 Å². The van der Waals surface area contributed by atoms with Gasteiger partial charge in [-0.05, 0) is 43.4 Å². The number of hydrogen-bond acceptors (Lipinski definition) is 2. The molecule has 0 saturated heterocycles. The molecule has 1 aliphatic rings. The molecule has 1 aromatic heterocycles. The molecule has 0 radical (unpaired) electrons. The molecule has 1 aromatic carbocycles. The Morgan fingerprint density at radius 1 is 1.22 bits per heavy atom. The summed E-state index contributed by atoms with van der Waals surface area (Å²) in [6, 6.07) is 16.1. The van der Waals surface area contributed by atoms with Crippen LogP contribution in [0.3, 0.4) is 0 Å². The summed E-state index contributed by atoms with van der Waals surface area (Å²) in [5, 5.41) is 3.01. The quantitative estimate of drug-likeness (QED) is 0.886. The zero-order chi connectivity index (χ0) is 16.1. The molecule has 1 atom stereocenters. The Labute approximate surface area is 137 Å². The van der Waals surface area contributed by atoms with Crippen LogP contribution in [-0.2, 0) is 13.1 Å². The minimum absolute atomic E-state index is 0.0149. The Bertz CT molecular complexity index is 626. The molecule has 4 heteroatoms. The van der Waals surface area contributed by atoms with Gasteiger partial charge in [0.15, 0.2) is 0 Å². The summed E-state index contributed by atoms with van der Waals surface area (Å²) in [4.78, 5) is 18.9. The van der Waals surface area contributed by atoms with Crippen molar-refractivity contribution < 1.29 is 4.79 Å². The van der Waals surface area contributed by atoms with Gasteiger partial charge in [0.25, 0.3) is 0 Å². The lowest BCUT2D eigenvalue weighted by Crippen LogP contribution is -2.45. The molecule has 4 nitrogen and oxygen atoms in total. The molecule has 0 spiro atoms. The SMILES string of the molecule is CC(C1CC1)N(Cc1ccccc1)C(=O)NCc1ccccn1. The zero-order valence-corrected chi connectivity index (χ0v) is 13.5. The van der Waals surface area contributed by atoms with E-state index in [1.165, 1.54) is 12.8 Å². The topological polar surface area (TPSA) is 45.2 Å². The number of nitrogens with one attached hydrogen (secondary N) is 1. The lowest BCUT2D eigenvalue weighted by Gasteiger charge is -2.29. The fourth-order valence-electron chi connectivity index (χ4n) is 2.78. The first kappa shape index (κ1) is 15.5. The number of amides is 2. The number of carbonyl (C=O) groups excluding carboxylic acids is 1. The van der Waals surface area contributed by atoms with Crippen LogP contribution >= 0.6 is 0 Å². The van der Waals surface area contributed by atoms with Crippen molar-refractivity contribution in [2.75, 3.05) is 0 Å². The number of rotatable bonds is 6. The third kappa shape index (κ3) is 4.31. The monoisotopic (exact) mass is 309 g/mol. The predicted octanol–water partition coefficient (Wildman–Crippen LogP) is 3.59. The van der Waals surface area contributed by atoms with Gasteiger partial charge >= 0.3 is 6.03 Å². The van der Waals surface area contributed by atoms with Crippen molar-refractivity contribution in [3.8, 4) is 0 Å². The highest BCUT2D eigenvalue weighted by atomic mass is 16.2. The van der Waals surface area contributed by atoms with Crippen LogP contribution in [0.2, 0.25) is 0 Å². The molecule has 1 N–H and O–H groups in total. The molecule has 2 aromatic rings. The first-order valence-electron chi connectivity index (χ1n) is 8.22. The first-order valence-corrected chi connectivity index (χ1v) is 8.22. The second-order valence-corrected chi connectivity index (χ2v) is 6.17. The largest absolute Gasteiger partial charge is 0.332 e. The molecule has 2 amide bonds. The third-order valence-electron chi connectivity index (χ3n) is 4.40. The molecule has 3 rings (SSSR count). The summed E-state index contributed by atoms with van der Waals surface area (Å²) in [7, 11) is 0. The average molecular weight is 309 g/mol. The van der Waals surface area contributed by atoms with Gasteiger partial charge in [-0.15, -0.1) is 0 Å². The lowest BCUT2D eigenvalue weighted by atomic mass is 10.1. The number of nitrogens with zero attached hydrogens (tertiary/aromatic N) is 2. The second kappa shape index (κ2) is 7.27. The van der Waals surface area contributed by atoms with Gasteiger partial charge in [0, 0.05) is 18.8 Å². The lowest BCUT2D eigenvalue weighted by molar-refractivity contribution is 0.167.